The summed E-state index contributed by atoms with van der Waals surface area (Å²) in [6, 6.07) is 7.39. The van der Waals surface area contributed by atoms with E-state index in [2.05, 4.69) is 26.2 Å². The number of nitrogens with one attached hydrogen (secondary N) is 1. The number of amides is 3. The van der Waals surface area contributed by atoms with Crippen LogP contribution in [-0.4, -0.2) is 47.4 Å². The number of hydrogen-bond donors (Lipinski definition) is 1. The van der Waals surface area contributed by atoms with Gasteiger partial charge in [0.05, 0.1) is 5.56 Å². The smallest absolute Gasteiger partial charge is 0.319 e. The van der Waals surface area contributed by atoms with Gasteiger partial charge in [-0.2, -0.15) is 0 Å². The Kier molecular flexibility index (Phi) is 5.03. The number of benzene rings is 1. The van der Waals surface area contributed by atoms with E-state index < -0.39 is 0 Å². The largest absolute Gasteiger partial charge is 0.331 e. The third kappa shape index (κ3) is 3.82. The molecule has 0 saturated carbocycles. The summed E-state index contributed by atoms with van der Waals surface area (Å²) < 4.78 is 0.954. The van der Waals surface area contributed by atoms with Crippen LogP contribution in [0.25, 0.3) is 0 Å². The number of aromatic nitrogens is 1. The van der Waals surface area contributed by atoms with Crippen molar-refractivity contribution in [2.24, 2.45) is 0 Å². The first kappa shape index (κ1) is 17.4. The van der Waals surface area contributed by atoms with Gasteiger partial charge < -0.3 is 15.1 Å². The maximum atomic E-state index is 12.6. The van der Waals surface area contributed by atoms with Gasteiger partial charge in [0.1, 0.15) is 0 Å². The van der Waals surface area contributed by atoms with Crippen molar-refractivity contribution in [3.63, 3.8) is 0 Å². The molecule has 0 saturated heterocycles. The lowest BCUT2D eigenvalue weighted by molar-refractivity contribution is 0.102. The van der Waals surface area contributed by atoms with Crippen molar-refractivity contribution in [3.8, 4) is 0 Å². The number of nitrogens with zero attached hydrogens (tertiary/aromatic N) is 3. The molecule has 1 aromatic heterocycles. The van der Waals surface area contributed by atoms with Crippen LogP contribution in [0, 0.1) is 0 Å². The van der Waals surface area contributed by atoms with Crippen molar-refractivity contribution in [1.82, 2.24) is 14.8 Å². The number of fused-ring (bicyclic) bond motifs is 1. The highest BCUT2D eigenvalue weighted by atomic mass is 79.9. The SMILES string of the molecule is CN(C)C(=O)N1CCc2c(cncc2C(=O)Nc2ccc(Br)cc2)C1. The molecular weight excluding hydrogens is 384 g/mol. The Morgan fingerprint density at radius 3 is 2.60 bits per heavy atom. The summed E-state index contributed by atoms with van der Waals surface area (Å²) in [5.74, 6) is -0.181. The zero-order valence-corrected chi connectivity index (χ0v) is 15.7. The summed E-state index contributed by atoms with van der Waals surface area (Å²) in [5, 5.41) is 2.90. The molecule has 1 N–H and O–H groups in total. The van der Waals surface area contributed by atoms with E-state index in [-0.39, 0.29) is 11.9 Å². The lowest BCUT2D eigenvalue weighted by atomic mass is 9.97. The number of halogens is 1. The first-order chi connectivity index (χ1) is 12.0. The number of carbonyl (C=O) groups excluding carboxylic acids is 2. The summed E-state index contributed by atoms with van der Waals surface area (Å²) in [7, 11) is 3.47. The highest BCUT2D eigenvalue weighted by Crippen LogP contribution is 2.23. The molecule has 1 aliphatic rings. The van der Waals surface area contributed by atoms with Crippen LogP contribution in [-0.2, 0) is 13.0 Å². The quantitative estimate of drug-likeness (QED) is 0.838. The van der Waals surface area contributed by atoms with Gasteiger partial charge in [-0.25, -0.2) is 4.79 Å². The van der Waals surface area contributed by atoms with Crippen molar-refractivity contribution in [3.05, 3.63) is 57.8 Å². The van der Waals surface area contributed by atoms with E-state index in [1.165, 1.54) is 0 Å². The lowest BCUT2D eigenvalue weighted by Crippen LogP contribution is -2.42. The molecule has 0 atom stereocenters. The molecule has 130 valence electrons. The molecule has 7 heteroatoms. The van der Waals surface area contributed by atoms with Crippen molar-refractivity contribution in [2.45, 2.75) is 13.0 Å². The minimum absolute atomic E-state index is 0.0321. The monoisotopic (exact) mass is 402 g/mol. The maximum absolute atomic E-state index is 12.6. The Balaban J connectivity index is 1.80. The average molecular weight is 403 g/mol. The molecule has 0 spiro atoms. The molecule has 3 rings (SSSR count). The number of urea groups is 1. The molecule has 2 heterocycles. The summed E-state index contributed by atoms with van der Waals surface area (Å²) in [4.78, 5) is 32.3. The lowest BCUT2D eigenvalue weighted by Gasteiger charge is -2.31. The van der Waals surface area contributed by atoms with Crippen LogP contribution in [0.1, 0.15) is 21.5 Å². The van der Waals surface area contributed by atoms with Crippen LogP contribution in [0.5, 0.6) is 0 Å². The standard InChI is InChI=1S/C18H19BrN4O2/c1-22(2)18(25)23-8-7-15-12(11-23)9-20-10-16(15)17(24)21-14-5-3-13(19)4-6-14/h3-6,9-10H,7-8,11H2,1-2H3,(H,21,24). The van der Waals surface area contributed by atoms with Crippen LogP contribution < -0.4 is 5.32 Å². The molecule has 3 amide bonds. The first-order valence-corrected chi connectivity index (χ1v) is 8.74. The first-order valence-electron chi connectivity index (χ1n) is 7.94. The van der Waals surface area contributed by atoms with Crippen molar-refractivity contribution < 1.29 is 9.59 Å². The summed E-state index contributed by atoms with van der Waals surface area (Å²) >= 11 is 3.37. The third-order valence-electron chi connectivity index (χ3n) is 4.14. The fourth-order valence-electron chi connectivity index (χ4n) is 2.87. The summed E-state index contributed by atoms with van der Waals surface area (Å²) in [6.45, 7) is 1.06. The van der Waals surface area contributed by atoms with Crippen LogP contribution >= 0.6 is 15.9 Å². The Hall–Kier alpha value is -2.41. The maximum Gasteiger partial charge on any atom is 0.319 e. The molecule has 25 heavy (non-hydrogen) atoms. The van der Waals surface area contributed by atoms with E-state index in [1.807, 2.05) is 24.3 Å². The molecule has 1 aliphatic heterocycles. The van der Waals surface area contributed by atoms with Crippen molar-refractivity contribution in [2.75, 3.05) is 26.0 Å². The fourth-order valence-corrected chi connectivity index (χ4v) is 3.13. The van der Waals surface area contributed by atoms with Crippen LogP contribution in [0.15, 0.2) is 41.1 Å². The van der Waals surface area contributed by atoms with Crippen molar-refractivity contribution in [1.29, 1.82) is 0 Å². The molecule has 2 aromatic rings. The number of rotatable bonds is 2. The van der Waals surface area contributed by atoms with Gasteiger partial charge in [-0.05, 0) is 41.8 Å². The van der Waals surface area contributed by atoms with E-state index in [4.69, 9.17) is 0 Å². The number of hydrogen-bond acceptors (Lipinski definition) is 3. The minimum atomic E-state index is -0.181. The summed E-state index contributed by atoms with van der Waals surface area (Å²) in [6.07, 6.45) is 3.97. The number of anilines is 1. The van der Waals surface area contributed by atoms with Gasteiger partial charge >= 0.3 is 6.03 Å². The molecule has 0 bridgehead atoms. The third-order valence-corrected chi connectivity index (χ3v) is 4.67. The molecule has 0 fully saturated rings. The normalized spacial score (nSPS) is 13.2. The molecule has 1 aromatic carbocycles. The highest BCUT2D eigenvalue weighted by molar-refractivity contribution is 9.10. The van der Waals surface area contributed by atoms with Gasteiger partial charge in [0, 0.05) is 49.7 Å². The van der Waals surface area contributed by atoms with Gasteiger partial charge in [-0.1, -0.05) is 15.9 Å². The van der Waals surface area contributed by atoms with Crippen LogP contribution in [0.4, 0.5) is 10.5 Å². The van der Waals surface area contributed by atoms with Gasteiger partial charge in [0.25, 0.3) is 5.91 Å². The highest BCUT2D eigenvalue weighted by Gasteiger charge is 2.25. The van der Waals surface area contributed by atoms with E-state index >= 15 is 0 Å². The Bertz CT molecular complexity index is 805. The molecular formula is C18H19BrN4O2. The van der Waals surface area contributed by atoms with Gasteiger partial charge in [-0.15, -0.1) is 0 Å². The van der Waals surface area contributed by atoms with E-state index in [0.29, 0.717) is 25.1 Å². The predicted molar refractivity (Wildman–Crippen MR) is 99.5 cm³/mol. The van der Waals surface area contributed by atoms with Gasteiger partial charge in [0.2, 0.25) is 0 Å². The van der Waals surface area contributed by atoms with Crippen LogP contribution in [0.3, 0.4) is 0 Å². The van der Waals surface area contributed by atoms with E-state index in [0.717, 1.165) is 21.3 Å². The minimum Gasteiger partial charge on any atom is -0.331 e. The Morgan fingerprint density at radius 2 is 1.92 bits per heavy atom. The molecule has 0 aliphatic carbocycles. The van der Waals surface area contributed by atoms with Gasteiger partial charge in [-0.3, -0.25) is 9.78 Å². The Morgan fingerprint density at radius 1 is 1.20 bits per heavy atom. The average Bonchev–Trinajstić information content (AvgIpc) is 2.61. The Labute approximate surface area is 155 Å². The van der Waals surface area contributed by atoms with Gasteiger partial charge in [0.15, 0.2) is 0 Å². The zero-order chi connectivity index (χ0) is 18.0. The molecule has 0 radical (unpaired) electrons. The second-order valence-corrected chi connectivity index (χ2v) is 7.05. The second kappa shape index (κ2) is 7.23. The topological polar surface area (TPSA) is 65.5 Å². The second-order valence-electron chi connectivity index (χ2n) is 6.13. The molecule has 6 nitrogen and oxygen atoms in total. The van der Waals surface area contributed by atoms with Crippen LogP contribution in [0.2, 0.25) is 0 Å². The molecule has 0 unspecified atom stereocenters. The zero-order valence-electron chi connectivity index (χ0n) is 14.1. The van der Waals surface area contributed by atoms with E-state index in [1.54, 1.807) is 36.3 Å². The van der Waals surface area contributed by atoms with E-state index in [9.17, 15) is 9.59 Å². The fraction of sp³-hybridized carbons (Fsp3) is 0.278. The number of carbonyl (C=O) groups is 2. The number of pyridine rings is 1. The predicted octanol–water partition coefficient (Wildman–Crippen LogP) is 3.14. The van der Waals surface area contributed by atoms with Crippen molar-refractivity contribution >= 4 is 33.6 Å². The summed E-state index contributed by atoms with van der Waals surface area (Å²) in [5.41, 5.74) is 3.18.